The van der Waals surface area contributed by atoms with E-state index in [-0.39, 0.29) is 48.1 Å². The summed E-state index contributed by atoms with van der Waals surface area (Å²) in [5.41, 5.74) is 0.0760. The van der Waals surface area contributed by atoms with Gasteiger partial charge in [-0.25, -0.2) is 26.2 Å². The van der Waals surface area contributed by atoms with Crippen molar-refractivity contribution in [3.63, 3.8) is 0 Å². The van der Waals surface area contributed by atoms with Gasteiger partial charge in [0.05, 0.1) is 30.2 Å². The lowest BCUT2D eigenvalue weighted by molar-refractivity contribution is -0.181. The number of hydroxylamine groups is 2. The Bertz CT molecular complexity index is 924. The fourth-order valence-corrected chi connectivity index (χ4v) is 5.18. The van der Waals surface area contributed by atoms with Crippen LogP contribution in [0.1, 0.15) is 16.8 Å². The molecule has 0 bridgehead atoms. The zero-order chi connectivity index (χ0) is 18.2. The first-order valence-electron chi connectivity index (χ1n) is 7.52. The highest BCUT2D eigenvalue weighted by Crippen LogP contribution is 2.29. The molecule has 2 amide bonds. The minimum absolute atomic E-state index is 0.0760. The number of sulfone groups is 1. The molecule has 11 heteroatoms. The quantitative estimate of drug-likeness (QED) is 0.679. The topological polar surface area (TPSA) is 118 Å². The van der Waals surface area contributed by atoms with Crippen LogP contribution in [0.25, 0.3) is 0 Å². The number of sulfonamides is 1. The molecular formula is C14H16N2O7S2. The lowest BCUT2D eigenvalue weighted by Gasteiger charge is -2.20. The van der Waals surface area contributed by atoms with Crippen LogP contribution in [0.3, 0.4) is 0 Å². The molecule has 0 saturated carbocycles. The predicted molar refractivity (Wildman–Crippen MR) is 85.6 cm³/mol. The minimum Gasteiger partial charge on any atom is -0.273 e. The van der Waals surface area contributed by atoms with E-state index in [1.54, 1.807) is 6.07 Å². The molecule has 1 fully saturated rings. The molecule has 0 aliphatic carbocycles. The van der Waals surface area contributed by atoms with Crippen LogP contribution in [0.15, 0.2) is 29.2 Å². The van der Waals surface area contributed by atoms with Gasteiger partial charge < -0.3 is 0 Å². The third kappa shape index (κ3) is 3.39. The molecule has 2 aliphatic rings. The van der Waals surface area contributed by atoms with Gasteiger partial charge in [-0.3, -0.25) is 14.4 Å². The largest absolute Gasteiger partial charge is 0.273 e. The Kier molecular flexibility index (Phi) is 4.56. The summed E-state index contributed by atoms with van der Waals surface area (Å²) in [6.45, 7) is -0.593. The van der Waals surface area contributed by atoms with E-state index in [2.05, 4.69) is 0 Å². The van der Waals surface area contributed by atoms with Crippen LogP contribution in [0.2, 0.25) is 0 Å². The van der Waals surface area contributed by atoms with Crippen LogP contribution < -0.4 is 0 Å². The van der Waals surface area contributed by atoms with Gasteiger partial charge in [0.15, 0.2) is 9.84 Å². The number of rotatable bonds is 3. The van der Waals surface area contributed by atoms with E-state index in [0.717, 1.165) is 5.06 Å². The smallest absolute Gasteiger partial charge is 0.269 e. The van der Waals surface area contributed by atoms with Crippen LogP contribution in [0.5, 0.6) is 0 Å². The summed E-state index contributed by atoms with van der Waals surface area (Å²) in [5, 5.41) is 0.921. The highest BCUT2D eigenvalue weighted by atomic mass is 32.2. The molecule has 1 aromatic carbocycles. The zero-order valence-corrected chi connectivity index (χ0v) is 14.8. The first-order valence-corrected chi connectivity index (χ1v) is 10.8. The van der Waals surface area contributed by atoms with Gasteiger partial charge in [0.1, 0.15) is 4.90 Å². The van der Waals surface area contributed by atoms with Gasteiger partial charge in [-0.05, 0) is 12.1 Å². The van der Waals surface area contributed by atoms with E-state index >= 15 is 0 Å². The van der Waals surface area contributed by atoms with Crippen molar-refractivity contribution >= 4 is 31.7 Å². The summed E-state index contributed by atoms with van der Waals surface area (Å²) in [5.74, 6) is -1.64. The second-order valence-electron chi connectivity index (χ2n) is 5.61. The Morgan fingerprint density at radius 3 is 2.56 bits per heavy atom. The number of carbonyl (C=O) groups excluding carboxylic acids is 2. The number of carbonyl (C=O) groups is 2. The predicted octanol–water partition coefficient (Wildman–Crippen LogP) is -0.590. The molecule has 9 nitrogen and oxygen atoms in total. The number of benzene rings is 1. The van der Waals surface area contributed by atoms with Crippen LogP contribution in [0.4, 0.5) is 0 Å². The Morgan fingerprint density at radius 2 is 1.84 bits per heavy atom. The molecule has 0 N–H and O–H groups in total. The Morgan fingerprint density at radius 1 is 1.12 bits per heavy atom. The highest BCUT2D eigenvalue weighted by Gasteiger charge is 2.41. The second-order valence-corrected chi connectivity index (χ2v) is 9.74. The summed E-state index contributed by atoms with van der Waals surface area (Å²) < 4.78 is 48.5. The molecule has 1 aromatic rings. The molecule has 0 spiro atoms. The van der Waals surface area contributed by atoms with Crippen LogP contribution in [0, 0.1) is 0 Å². The van der Waals surface area contributed by atoms with Gasteiger partial charge in [0.2, 0.25) is 5.91 Å². The number of fused-ring (bicyclic) bond motifs is 1. The third-order valence-electron chi connectivity index (χ3n) is 3.97. The van der Waals surface area contributed by atoms with E-state index in [0.29, 0.717) is 4.31 Å². The Labute approximate surface area is 145 Å². The molecule has 25 heavy (non-hydrogen) atoms. The van der Waals surface area contributed by atoms with Crippen LogP contribution in [-0.4, -0.2) is 69.2 Å². The van der Waals surface area contributed by atoms with Gasteiger partial charge >= 0.3 is 0 Å². The molecule has 0 radical (unpaired) electrons. The highest BCUT2D eigenvalue weighted by molar-refractivity contribution is 7.91. The maximum Gasteiger partial charge on any atom is 0.269 e. The Hall–Kier alpha value is -1.98. The van der Waals surface area contributed by atoms with Gasteiger partial charge in [0, 0.05) is 13.0 Å². The molecule has 0 unspecified atom stereocenters. The van der Waals surface area contributed by atoms with E-state index < -0.39 is 31.7 Å². The van der Waals surface area contributed by atoms with Crippen molar-refractivity contribution in [1.29, 1.82) is 0 Å². The standard InChI is InChI=1S/C14H16N2O7S2/c17-13(15-7-9-24(19,20)10-8-23-15)5-6-16-14(18)11-3-1-2-4-12(11)25(16,21)22/h1-4H,5-10H2. The SMILES string of the molecule is O=C(CCN1C(=O)c2ccccc2S1(=O)=O)N1CCS(=O)(=O)CCO1. The van der Waals surface area contributed by atoms with Crippen molar-refractivity contribution in [3.8, 4) is 0 Å². The molecule has 1 saturated heterocycles. The van der Waals surface area contributed by atoms with Crippen LogP contribution >= 0.6 is 0 Å². The number of hydrogen-bond donors (Lipinski definition) is 0. The first-order chi connectivity index (χ1) is 11.7. The molecule has 2 heterocycles. The molecule has 136 valence electrons. The average Bonchev–Trinajstić information content (AvgIpc) is 2.68. The average molecular weight is 388 g/mol. The minimum atomic E-state index is -3.97. The van der Waals surface area contributed by atoms with Crippen molar-refractivity contribution in [2.75, 3.05) is 31.2 Å². The Balaban J connectivity index is 1.68. The van der Waals surface area contributed by atoms with Crippen molar-refractivity contribution in [3.05, 3.63) is 29.8 Å². The summed E-state index contributed by atoms with van der Waals surface area (Å²) in [7, 11) is -7.23. The first kappa shape index (κ1) is 17.8. The summed E-state index contributed by atoms with van der Waals surface area (Å²) in [6.07, 6.45) is -0.293. The number of amides is 2. The fourth-order valence-electron chi connectivity index (χ4n) is 2.63. The van der Waals surface area contributed by atoms with Crippen molar-refractivity contribution in [2.24, 2.45) is 0 Å². The third-order valence-corrected chi connectivity index (χ3v) is 7.40. The summed E-state index contributed by atoms with van der Waals surface area (Å²) in [6, 6.07) is 5.84. The zero-order valence-electron chi connectivity index (χ0n) is 13.1. The maximum absolute atomic E-state index is 12.4. The molecule has 2 aliphatic heterocycles. The van der Waals surface area contributed by atoms with E-state index in [1.165, 1.54) is 18.2 Å². The van der Waals surface area contributed by atoms with Crippen molar-refractivity contribution < 1.29 is 31.3 Å². The van der Waals surface area contributed by atoms with Gasteiger partial charge in [-0.1, -0.05) is 12.1 Å². The lowest BCUT2D eigenvalue weighted by Crippen LogP contribution is -2.37. The van der Waals surface area contributed by atoms with Crippen molar-refractivity contribution in [2.45, 2.75) is 11.3 Å². The van der Waals surface area contributed by atoms with E-state index in [9.17, 15) is 26.4 Å². The van der Waals surface area contributed by atoms with Gasteiger partial charge in [0.25, 0.3) is 15.9 Å². The molecular weight excluding hydrogens is 372 g/mol. The lowest BCUT2D eigenvalue weighted by atomic mass is 10.2. The van der Waals surface area contributed by atoms with E-state index in [4.69, 9.17) is 4.84 Å². The van der Waals surface area contributed by atoms with Gasteiger partial charge in [-0.2, -0.15) is 0 Å². The number of nitrogens with zero attached hydrogens (tertiary/aromatic N) is 2. The monoisotopic (exact) mass is 388 g/mol. The molecule has 0 aromatic heterocycles. The molecule has 3 rings (SSSR count). The second kappa shape index (κ2) is 6.39. The normalized spacial score (nSPS) is 21.7. The van der Waals surface area contributed by atoms with E-state index in [1.807, 2.05) is 0 Å². The fraction of sp³-hybridized carbons (Fsp3) is 0.429. The molecule has 0 atom stereocenters. The number of hydrogen-bond acceptors (Lipinski definition) is 7. The van der Waals surface area contributed by atoms with Crippen molar-refractivity contribution in [1.82, 2.24) is 9.37 Å². The van der Waals surface area contributed by atoms with Gasteiger partial charge in [-0.15, -0.1) is 0 Å². The van der Waals surface area contributed by atoms with Crippen LogP contribution in [-0.2, 0) is 29.5 Å². The summed E-state index contributed by atoms with van der Waals surface area (Å²) >= 11 is 0. The summed E-state index contributed by atoms with van der Waals surface area (Å²) in [4.78, 5) is 29.5. The maximum atomic E-state index is 12.4.